The Labute approximate surface area is 430 Å². The molecule has 8 rings (SSSR count). The van der Waals surface area contributed by atoms with E-state index in [-0.39, 0.29) is 41.6 Å². The zero-order valence-electron chi connectivity index (χ0n) is 40.8. The number of nitrogens with zero attached hydrogens (tertiary/aromatic N) is 2. The average Bonchev–Trinajstić information content (AvgIpc) is 3.39. The van der Waals surface area contributed by atoms with Crippen molar-refractivity contribution >= 4 is 29.5 Å². The van der Waals surface area contributed by atoms with E-state index in [2.05, 4.69) is 26.3 Å². The van der Waals surface area contributed by atoms with Crippen LogP contribution in [0.5, 0.6) is 34.5 Å². The third-order valence-electron chi connectivity index (χ3n) is 13.6. The summed E-state index contributed by atoms with van der Waals surface area (Å²) < 4.78 is 107. The Morgan fingerprint density at radius 2 is 0.534 bits per heavy atom. The lowest BCUT2D eigenvalue weighted by atomic mass is 10.0. The summed E-state index contributed by atoms with van der Waals surface area (Å²) in [5.41, 5.74) is 0. The summed E-state index contributed by atoms with van der Waals surface area (Å²) in [5, 5.41) is 0. The Kier molecular flexibility index (Phi) is 16.3. The van der Waals surface area contributed by atoms with Crippen LogP contribution in [0.4, 0.5) is 0 Å². The molecule has 0 atom stereocenters. The molecule has 0 radical (unpaired) electrons. The van der Waals surface area contributed by atoms with E-state index in [4.69, 9.17) is 18.9 Å². The van der Waals surface area contributed by atoms with E-state index < -0.39 is 29.5 Å². The van der Waals surface area contributed by atoms with Gasteiger partial charge in [-0.2, -0.15) is 0 Å². The molecule has 0 bridgehead atoms. The van der Waals surface area contributed by atoms with Gasteiger partial charge in [0.2, 0.25) is 29.5 Å². The molecule has 6 aromatic carbocycles. The highest BCUT2D eigenvalue weighted by molar-refractivity contribution is 7.92. The second-order valence-electron chi connectivity index (χ2n) is 18.6. The van der Waals surface area contributed by atoms with Crippen molar-refractivity contribution in [2.24, 2.45) is 0 Å². The highest BCUT2D eigenvalue weighted by Crippen LogP contribution is 2.33. The molecule has 15 heteroatoms. The Balaban J connectivity index is 0.814. The van der Waals surface area contributed by atoms with Gasteiger partial charge in [-0.05, 0) is 170 Å². The number of piperidine rings is 2. The number of hydrogen-bond donors (Lipinski definition) is 0. The molecular formula is C58H62N2O10S3+2. The highest BCUT2D eigenvalue weighted by atomic mass is 32.2. The molecule has 73 heavy (non-hydrogen) atoms. The summed E-state index contributed by atoms with van der Waals surface area (Å²) >= 11 is 0. The number of sulfone groups is 3. The molecule has 0 N–H and O–H groups in total. The lowest BCUT2D eigenvalue weighted by Crippen LogP contribution is -2.54. The van der Waals surface area contributed by atoms with Crippen LogP contribution in [0.2, 0.25) is 0 Å². The number of ether oxygens (including phenoxy) is 4. The molecule has 0 aliphatic carbocycles. The predicted molar refractivity (Wildman–Crippen MR) is 283 cm³/mol. The Hall–Kier alpha value is -6.75. The monoisotopic (exact) mass is 1040 g/mol. The maximum atomic E-state index is 13.6. The Bertz CT molecular complexity index is 2980. The van der Waals surface area contributed by atoms with E-state index in [1.54, 1.807) is 72.8 Å². The fraction of sp³-hybridized carbons (Fsp3) is 0.241. The van der Waals surface area contributed by atoms with Gasteiger partial charge in [-0.15, -0.1) is 0 Å². The first-order chi connectivity index (χ1) is 35.1. The van der Waals surface area contributed by atoms with Gasteiger partial charge in [-0.3, -0.25) is 0 Å². The van der Waals surface area contributed by atoms with Crippen LogP contribution in [0.25, 0.3) is 0 Å². The van der Waals surface area contributed by atoms with Crippen LogP contribution in [0.15, 0.2) is 226 Å². The number of likely N-dealkylation sites (tertiary alicyclic amines) is 2. The van der Waals surface area contributed by atoms with Gasteiger partial charge in [0, 0.05) is 25.7 Å². The lowest BCUT2D eigenvalue weighted by molar-refractivity contribution is -0.922. The third kappa shape index (κ3) is 12.4. The van der Waals surface area contributed by atoms with Crippen molar-refractivity contribution in [1.82, 2.24) is 0 Å². The molecule has 0 aromatic heterocycles. The van der Waals surface area contributed by atoms with Gasteiger partial charge in [0.25, 0.3) is 0 Å². The van der Waals surface area contributed by atoms with Crippen LogP contribution < -0.4 is 18.9 Å². The second-order valence-corrected chi connectivity index (χ2v) is 24.5. The molecule has 6 aromatic rings. The molecule has 0 spiro atoms. The van der Waals surface area contributed by atoms with Crippen LogP contribution >= 0.6 is 0 Å². The quantitative estimate of drug-likeness (QED) is 0.0477. The molecule has 0 amide bonds. The first-order valence-electron chi connectivity index (χ1n) is 24.3. The first-order valence-corrected chi connectivity index (χ1v) is 28.7. The molecule has 2 saturated heterocycles. The summed E-state index contributed by atoms with van der Waals surface area (Å²) in [7, 11) is -11.6. The van der Waals surface area contributed by atoms with Crippen LogP contribution in [0.1, 0.15) is 25.7 Å². The van der Waals surface area contributed by atoms with Crippen molar-refractivity contribution in [2.45, 2.75) is 67.3 Å². The fourth-order valence-electron chi connectivity index (χ4n) is 9.60. The van der Waals surface area contributed by atoms with Gasteiger partial charge in [0.15, 0.2) is 0 Å². The Morgan fingerprint density at radius 1 is 0.342 bits per heavy atom. The summed E-state index contributed by atoms with van der Waals surface area (Å²) in [4.78, 5) is 0.538. The summed E-state index contributed by atoms with van der Waals surface area (Å²) in [6, 6.07) is 36.8. The van der Waals surface area contributed by atoms with Crippen LogP contribution in [-0.4, -0.2) is 98.8 Å². The number of benzene rings is 6. The van der Waals surface area contributed by atoms with Crippen LogP contribution in [-0.2, 0) is 29.5 Å². The Morgan fingerprint density at radius 3 is 0.726 bits per heavy atom. The minimum Gasteiger partial charge on any atom is -0.490 e. The van der Waals surface area contributed by atoms with Crippen molar-refractivity contribution in [3.05, 3.63) is 196 Å². The normalized spacial score (nSPS) is 16.1. The van der Waals surface area contributed by atoms with Crippen molar-refractivity contribution in [1.29, 1.82) is 0 Å². The van der Waals surface area contributed by atoms with E-state index in [9.17, 15) is 25.3 Å². The minimum atomic E-state index is -3.93. The lowest BCUT2D eigenvalue weighted by Gasteiger charge is -2.42. The minimum absolute atomic E-state index is 0.0380. The first kappa shape index (κ1) is 52.6. The van der Waals surface area contributed by atoms with E-state index in [1.165, 1.54) is 72.8 Å². The molecule has 2 aliphatic heterocycles. The number of quaternary nitrogens is 2. The third-order valence-corrected chi connectivity index (χ3v) is 19.0. The molecule has 12 nitrogen and oxygen atoms in total. The molecule has 2 heterocycles. The maximum Gasteiger partial charge on any atom is 0.206 e. The van der Waals surface area contributed by atoms with Crippen molar-refractivity contribution in [2.75, 3.05) is 52.4 Å². The average molecular weight is 1040 g/mol. The smallest absolute Gasteiger partial charge is 0.206 e. The van der Waals surface area contributed by atoms with Crippen LogP contribution in [0, 0.1) is 0 Å². The largest absolute Gasteiger partial charge is 0.490 e. The second kappa shape index (κ2) is 22.6. The summed E-state index contributed by atoms with van der Waals surface area (Å²) in [6.45, 7) is 23.1. The van der Waals surface area contributed by atoms with Crippen molar-refractivity contribution in [3.63, 3.8) is 0 Å². The SMILES string of the molecule is C=CC[N+]1(CC=C)CCC(Oc2ccc(S(=O)(=O)c3ccc(Oc4ccc(S(=O)(=O)c5ccc(Oc6ccc(S(=O)(=O)c7ccc(OC8CC[N+](CC=C)(CC=C)CC8)cc7)cc6)cc5)cc4)cc3)cc2)CC1. The van der Waals surface area contributed by atoms with E-state index >= 15 is 0 Å². The summed E-state index contributed by atoms with van der Waals surface area (Å²) in [6.07, 6.45) is 11.5. The molecule has 2 fully saturated rings. The van der Waals surface area contributed by atoms with Gasteiger partial charge < -0.3 is 27.9 Å². The van der Waals surface area contributed by atoms with Crippen molar-refractivity contribution < 1.29 is 53.2 Å². The van der Waals surface area contributed by atoms with E-state index in [0.717, 1.165) is 87.0 Å². The van der Waals surface area contributed by atoms with E-state index in [0.29, 0.717) is 34.5 Å². The van der Waals surface area contributed by atoms with Gasteiger partial charge in [0.05, 0.1) is 81.7 Å². The molecular weight excluding hydrogens is 981 g/mol. The van der Waals surface area contributed by atoms with Crippen molar-refractivity contribution in [3.8, 4) is 34.5 Å². The standard InChI is InChI=1S/C58H62N2O10S3/c1-5-37-59(38-6-2)41-33-51(34-42-59)69-49-17-29-57(30-18-49)72(63,64)55-25-13-47(14-26-55)67-45-9-21-53(22-10-45)71(61,62)54-23-11-46(12-24-54)68-48-15-27-56(28-16-48)73(65,66)58-31-19-50(20-32-58)70-52-35-43-60(39-7-3,40-8-4)44-36-52/h5-32,51-52H,1-4,33-44H2/q+2. The number of rotatable bonds is 22. The highest BCUT2D eigenvalue weighted by Gasteiger charge is 2.34. The van der Waals surface area contributed by atoms with Crippen LogP contribution in [0.3, 0.4) is 0 Å². The zero-order chi connectivity index (χ0) is 51.7. The predicted octanol–water partition coefficient (Wildman–Crippen LogP) is 11.2. The maximum absolute atomic E-state index is 13.6. The van der Waals surface area contributed by atoms with Gasteiger partial charge in [0.1, 0.15) is 46.7 Å². The molecule has 380 valence electrons. The summed E-state index contributed by atoms with van der Waals surface area (Å²) in [5.74, 6) is 2.67. The molecule has 2 aliphatic rings. The molecule has 0 unspecified atom stereocenters. The number of hydrogen-bond acceptors (Lipinski definition) is 10. The fourth-order valence-corrected chi connectivity index (χ4v) is 13.4. The van der Waals surface area contributed by atoms with Gasteiger partial charge in [-0.25, -0.2) is 25.3 Å². The van der Waals surface area contributed by atoms with Gasteiger partial charge in [-0.1, -0.05) is 26.3 Å². The zero-order valence-corrected chi connectivity index (χ0v) is 43.3. The van der Waals surface area contributed by atoms with E-state index in [1.807, 2.05) is 24.3 Å². The molecule has 0 saturated carbocycles. The van der Waals surface area contributed by atoms with Gasteiger partial charge >= 0.3 is 0 Å². The topological polar surface area (TPSA) is 139 Å².